The Balaban J connectivity index is 2.09. The smallest absolute Gasteiger partial charge is 0.0366 e. The summed E-state index contributed by atoms with van der Waals surface area (Å²) in [4.78, 5) is 2.36. The predicted molar refractivity (Wildman–Crippen MR) is 65.1 cm³/mol. The van der Waals surface area contributed by atoms with Crippen molar-refractivity contribution in [2.45, 2.75) is 38.3 Å². The molecular weight excluding hydrogens is 184 g/mol. The highest BCUT2D eigenvalue weighted by Gasteiger charge is 2.26. The third kappa shape index (κ3) is 2.32. The first-order valence-corrected chi connectivity index (χ1v) is 5.80. The molecule has 0 aromatic heterocycles. The number of nitrogens with zero attached hydrogens (tertiary/aromatic N) is 1. The van der Waals surface area contributed by atoms with Gasteiger partial charge in [0.25, 0.3) is 0 Å². The van der Waals surface area contributed by atoms with E-state index in [4.69, 9.17) is 5.73 Å². The van der Waals surface area contributed by atoms with Gasteiger partial charge in [0, 0.05) is 24.8 Å². The summed E-state index contributed by atoms with van der Waals surface area (Å²) >= 11 is 0. The van der Waals surface area contributed by atoms with Crippen LogP contribution in [-0.2, 0) is 0 Å². The van der Waals surface area contributed by atoms with Gasteiger partial charge in [0.15, 0.2) is 0 Å². The number of hydrogen-bond donors (Lipinski definition) is 1. The van der Waals surface area contributed by atoms with Crippen molar-refractivity contribution in [2.75, 3.05) is 11.9 Å². The zero-order chi connectivity index (χ0) is 10.8. The van der Waals surface area contributed by atoms with Crippen molar-refractivity contribution < 1.29 is 0 Å². The van der Waals surface area contributed by atoms with Crippen molar-refractivity contribution in [3.63, 3.8) is 0 Å². The quantitative estimate of drug-likeness (QED) is 0.817. The van der Waals surface area contributed by atoms with E-state index < -0.39 is 0 Å². The van der Waals surface area contributed by atoms with E-state index in [2.05, 4.69) is 43.1 Å². The molecule has 2 N–H and O–H groups in total. The summed E-state index contributed by atoms with van der Waals surface area (Å²) in [5, 5.41) is 0. The molecule has 0 saturated heterocycles. The molecule has 0 unspecified atom stereocenters. The first-order chi connectivity index (χ1) is 7.22. The Bertz CT molecular complexity index is 314. The highest BCUT2D eigenvalue weighted by atomic mass is 15.2. The molecule has 15 heavy (non-hydrogen) atoms. The lowest BCUT2D eigenvalue weighted by Gasteiger charge is -2.19. The van der Waals surface area contributed by atoms with E-state index >= 15 is 0 Å². The Kier molecular flexibility index (Phi) is 2.96. The monoisotopic (exact) mass is 204 g/mol. The lowest BCUT2D eigenvalue weighted by atomic mass is 10.1. The van der Waals surface area contributed by atoms with Crippen LogP contribution < -0.4 is 10.6 Å². The lowest BCUT2D eigenvalue weighted by Crippen LogP contribution is -2.19. The second-order valence-electron chi connectivity index (χ2n) is 4.45. The molecule has 1 atom stereocenters. The Morgan fingerprint density at radius 1 is 1.33 bits per heavy atom. The Hall–Kier alpha value is -1.02. The summed E-state index contributed by atoms with van der Waals surface area (Å²) in [6, 6.07) is 9.64. The van der Waals surface area contributed by atoms with Crippen LogP contribution in [-0.4, -0.2) is 13.1 Å². The van der Waals surface area contributed by atoms with Gasteiger partial charge in [-0.2, -0.15) is 0 Å². The van der Waals surface area contributed by atoms with Crippen LogP contribution in [0.25, 0.3) is 0 Å². The Morgan fingerprint density at radius 2 is 1.93 bits per heavy atom. The van der Waals surface area contributed by atoms with Crippen LogP contribution in [0.15, 0.2) is 24.3 Å². The molecule has 0 bridgehead atoms. The molecular formula is C13H20N2. The SMILES string of the molecule is CC[C@H](N)c1ccc(N(C)C2CC2)cc1. The fourth-order valence-corrected chi connectivity index (χ4v) is 1.87. The molecule has 2 nitrogen and oxygen atoms in total. The summed E-state index contributed by atoms with van der Waals surface area (Å²) in [5.41, 5.74) is 8.53. The number of rotatable bonds is 4. The van der Waals surface area contributed by atoms with Crippen LogP contribution in [0.4, 0.5) is 5.69 Å². The molecule has 82 valence electrons. The van der Waals surface area contributed by atoms with Crippen molar-refractivity contribution in [1.82, 2.24) is 0 Å². The van der Waals surface area contributed by atoms with Gasteiger partial charge in [-0.3, -0.25) is 0 Å². The normalized spacial score (nSPS) is 17.5. The van der Waals surface area contributed by atoms with E-state index in [0.717, 1.165) is 12.5 Å². The Morgan fingerprint density at radius 3 is 2.40 bits per heavy atom. The van der Waals surface area contributed by atoms with E-state index in [1.165, 1.54) is 24.1 Å². The van der Waals surface area contributed by atoms with Crippen LogP contribution in [0.3, 0.4) is 0 Å². The third-order valence-corrected chi connectivity index (χ3v) is 3.26. The molecule has 0 aliphatic heterocycles. The van der Waals surface area contributed by atoms with E-state index in [-0.39, 0.29) is 6.04 Å². The van der Waals surface area contributed by atoms with Gasteiger partial charge in [-0.15, -0.1) is 0 Å². The third-order valence-electron chi connectivity index (χ3n) is 3.26. The highest BCUT2D eigenvalue weighted by Crippen LogP contribution is 2.30. The van der Waals surface area contributed by atoms with Gasteiger partial charge in [0.2, 0.25) is 0 Å². The fraction of sp³-hybridized carbons (Fsp3) is 0.538. The zero-order valence-corrected chi connectivity index (χ0v) is 9.61. The molecule has 2 heteroatoms. The van der Waals surface area contributed by atoms with Gasteiger partial charge in [0.1, 0.15) is 0 Å². The van der Waals surface area contributed by atoms with E-state index in [1.807, 2.05) is 0 Å². The predicted octanol–water partition coefficient (Wildman–Crippen LogP) is 2.70. The molecule has 0 spiro atoms. The maximum absolute atomic E-state index is 5.98. The van der Waals surface area contributed by atoms with Crippen LogP contribution in [0.2, 0.25) is 0 Å². The molecule has 1 saturated carbocycles. The minimum Gasteiger partial charge on any atom is -0.372 e. The summed E-state index contributed by atoms with van der Waals surface area (Å²) in [6.45, 7) is 2.12. The summed E-state index contributed by atoms with van der Waals surface area (Å²) < 4.78 is 0. The largest absolute Gasteiger partial charge is 0.372 e. The summed E-state index contributed by atoms with van der Waals surface area (Å²) in [6.07, 6.45) is 3.68. The van der Waals surface area contributed by atoms with E-state index in [1.54, 1.807) is 0 Å². The van der Waals surface area contributed by atoms with Crippen molar-refractivity contribution in [3.05, 3.63) is 29.8 Å². The molecule has 0 amide bonds. The number of anilines is 1. The standard InChI is InChI=1S/C13H20N2/c1-3-13(14)10-4-6-11(7-5-10)15(2)12-8-9-12/h4-7,12-13H,3,8-9,14H2,1-2H3/t13-/m0/s1. The maximum Gasteiger partial charge on any atom is 0.0366 e. The number of benzene rings is 1. The van der Waals surface area contributed by atoms with Gasteiger partial charge < -0.3 is 10.6 Å². The first-order valence-electron chi connectivity index (χ1n) is 5.80. The topological polar surface area (TPSA) is 29.3 Å². The fourth-order valence-electron chi connectivity index (χ4n) is 1.87. The molecule has 1 aromatic rings. The molecule has 1 fully saturated rings. The Labute approximate surface area is 92.1 Å². The van der Waals surface area contributed by atoms with Crippen LogP contribution in [0.1, 0.15) is 37.8 Å². The van der Waals surface area contributed by atoms with Gasteiger partial charge in [0.05, 0.1) is 0 Å². The summed E-state index contributed by atoms with van der Waals surface area (Å²) in [7, 11) is 2.17. The highest BCUT2D eigenvalue weighted by molar-refractivity contribution is 5.49. The maximum atomic E-state index is 5.98. The minimum absolute atomic E-state index is 0.185. The molecule has 0 heterocycles. The minimum atomic E-state index is 0.185. The molecule has 2 rings (SSSR count). The summed E-state index contributed by atoms with van der Waals surface area (Å²) in [5.74, 6) is 0. The lowest BCUT2D eigenvalue weighted by molar-refractivity contribution is 0.698. The zero-order valence-electron chi connectivity index (χ0n) is 9.61. The molecule has 1 aliphatic carbocycles. The van der Waals surface area contributed by atoms with Crippen LogP contribution in [0.5, 0.6) is 0 Å². The average molecular weight is 204 g/mol. The van der Waals surface area contributed by atoms with Gasteiger partial charge >= 0.3 is 0 Å². The van der Waals surface area contributed by atoms with E-state index in [0.29, 0.717) is 0 Å². The van der Waals surface area contributed by atoms with Gasteiger partial charge in [-0.1, -0.05) is 19.1 Å². The van der Waals surface area contributed by atoms with Gasteiger partial charge in [-0.05, 0) is 37.0 Å². The average Bonchev–Trinajstić information content (AvgIpc) is 3.11. The number of hydrogen-bond acceptors (Lipinski definition) is 2. The second-order valence-corrected chi connectivity index (χ2v) is 4.45. The molecule has 1 aromatic carbocycles. The number of nitrogens with two attached hydrogens (primary N) is 1. The molecule has 1 aliphatic rings. The van der Waals surface area contributed by atoms with Crippen molar-refractivity contribution in [1.29, 1.82) is 0 Å². The van der Waals surface area contributed by atoms with Crippen molar-refractivity contribution >= 4 is 5.69 Å². The first kappa shape index (κ1) is 10.5. The van der Waals surface area contributed by atoms with Gasteiger partial charge in [-0.25, -0.2) is 0 Å². The van der Waals surface area contributed by atoms with E-state index in [9.17, 15) is 0 Å². The second kappa shape index (κ2) is 4.23. The van der Waals surface area contributed by atoms with Crippen molar-refractivity contribution in [3.8, 4) is 0 Å². The van der Waals surface area contributed by atoms with Crippen LogP contribution in [0, 0.1) is 0 Å². The molecule has 0 radical (unpaired) electrons. The van der Waals surface area contributed by atoms with Crippen LogP contribution >= 0.6 is 0 Å². The van der Waals surface area contributed by atoms with Crippen molar-refractivity contribution in [2.24, 2.45) is 5.73 Å².